The van der Waals surface area contributed by atoms with E-state index in [1.807, 2.05) is 55.5 Å². The smallest absolute Gasteiger partial charge is 0.218 e. The lowest BCUT2D eigenvalue weighted by molar-refractivity contribution is 0.383. The number of piperazine rings is 1. The summed E-state index contributed by atoms with van der Waals surface area (Å²) in [6, 6.07) is 19.7. The highest BCUT2D eigenvalue weighted by Gasteiger charge is 2.29. The Morgan fingerprint density at radius 3 is 2.03 bits per heavy atom. The van der Waals surface area contributed by atoms with E-state index in [0.29, 0.717) is 26.2 Å². The molecule has 4 rings (SSSR count). The predicted octanol–water partition coefficient (Wildman–Crippen LogP) is 3.59. The van der Waals surface area contributed by atoms with E-state index in [1.54, 1.807) is 4.31 Å². The van der Waals surface area contributed by atoms with Crippen LogP contribution < -0.4 is 4.90 Å². The monoisotopic (exact) mass is 450 g/mol. The third-order valence-corrected chi connectivity index (χ3v) is 7.71. The Morgan fingerprint density at radius 2 is 1.44 bits per heavy atom. The van der Waals surface area contributed by atoms with Crippen molar-refractivity contribution in [1.29, 1.82) is 0 Å². The number of hydrogen-bond acceptors (Lipinski definition) is 5. The predicted molar refractivity (Wildman–Crippen MR) is 128 cm³/mol. The summed E-state index contributed by atoms with van der Waals surface area (Å²) in [6.07, 6.45) is 1.61. The Kier molecular flexibility index (Phi) is 6.86. The van der Waals surface area contributed by atoms with Crippen molar-refractivity contribution < 1.29 is 8.42 Å². The second-order valence-corrected chi connectivity index (χ2v) is 10.1. The van der Waals surface area contributed by atoms with Gasteiger partial charge in [-0.05, 0) is 24.5 Å². The zero-order valence-electron chi connectivity index (χ0n) is 18.7. The largest absolute Gasteiger partial charge is 0.354 e. The number of anilines is 1. The number of benzene rings is 2. The number of aromatic nitrogens is 2. The molecule has 0 amide bonds. The van der Waals surface area contributed by atoms with E-state index in [2.05, 4.69) is 24.0 Å². The van der Waals surface area contributed by atoms with Gasteiger partial charge < -0.3 is 4.90 Å². The second kappa shape index (κ2) is 9.79. The summed E-state index contributed by atoms with van der Waals surface area (Å²) in [5.41, 5.74) is 4.25. The van der Waals surface area contributed by atoms with Crippen LogP contribution in [-0.2, 0) is 28.6 Å². The van der Waals surface area contributed by atoms with Gasteiger partial charge in [-0.2, -0.15) is 4.31 Å². The van der Waals surface area contributed by atoms with Crippen LogP contribution in [0.3, 0.4) is 0 Å². The zero-order valence-corrected chi connectivity index (χ0v) is 19.6. The Morgan fingerprint density at radius 1 is 0.844 bits per heavy atom. The number of nitrogens with zero attached hydrogens (tertiary/aromatic N) is 4. The van der Waals surface area contributed by atoms with Gasteiger partial charge in [-0.3, -0.25) is 0 Å². The average Bonchev–Trinajstić information content (AvgIpc) is 2.81. The molecule has 0 saturated carbocycles. The molecule has 1 saturated heterocycles. The van der Waals surface area contributed by atoms with Crippen molar-refractivity contribution in [2.45, 2.75) is 32.4 Å². The maximum absolute atomic E-state index is 12.9. The van der Waals surface area contributed by atoms with Crippen LogP contribution in [0, 0.1) is 6.92 Å². The van der Waals surface area contributed by atoms with Crippen LogP contribution in [0.4, 0.5) is 5.82 Å². The maximum Gasteiger partial charge on any atom is 0.218 e. The number of aryl methyl sites for hydroxylation is 2. The van der Waals surface area contributed by atoms with E-state index in [0.717, 1.165) is 41.3 Å². The summed E-state index contributed by atoms with van der Waals surface area (Å²) < 4.78 is 27.5. The summed E-state index contributed by atoms with van der Waals surface area (Å²) in [5, 5.41) is 0. The molecule has 1 aliphatic heterocycles. The van der Waals surface area contributed by atoms with E-state index < -0.39 is 10.0 Å². The van der Waals surface area contributed by atoms with E-state index in [1.165, 1.54) is 5.56 Å². The molecule has 0 spiro atoms. The molecule has 2 heterocycles. The molecule has 0 atom stereocenters. The molecule has 7 heteroatoms. The van der Waals surface area contributed by atoms with Crippen molar-refractivity contribution in [3.63, 3.8) is 0 Å². The standard InChI is InChI=1S/C25H30N4O2S/c1-3-24-23(18-21-10-6-4-7-11-21)25(27-20(2)26-24)28-14-16-29(17-15-28)32(30,31)19-22-12-8-5-9-13-22/h4-13H,3,14-19H2,1-2H3. The van der Waals surface area contributed by atoms with Gasteiger partial charge in [0, 0.05) is 43.9 Å². The first kappa shape index (κ1) is 22.4. The molecule has 32 heavy (non-hydrogen) atoms. The topological polar surface area (TPSA) is 66.4 Å². The van der Waals surface area contributed by atoms with Gasteiger partial charge in [0.05, 0.1) is 5.75 Å². The molecule has 6 nitrogen and oxygen atoms in total. The third kappa shape index (κ3) is 5.16. The van der Waals surface area contributed by atoms with Crippen LogP contribution in [0.2, 0.25) is 0 Å². The molecule has 0 N–H and O–H groups in total. The first-order valence-corrected chi connectivity index (χ1v) is 12.7. The van der Waals surface area contributed by atoms with Crippen LogP contribution in [-0.4, -0.2) is 48.9 Å². The molecule has 1 fully saturated rings. The number of hydrogen-bond donors (Lipinski definition) is 0. The van der Waals surface area contributed by atoms with Gasteiger partial charge in [-0.25, -0.2) is 18.4 Å². The van der Waals surface area contributed by atoms with Gasteiger partial charge in [0.15, 0.2) is 0 Å². The van der Waals surface area contributed by atoms with Crippen LogP contribution in [0.1, 0.15) is 35.1 Å². The lowest BCUT2D eigenvalue weighted by Crippen LogP contribution is -2.49. The number of rotatable bonds is 7. The normalized spacial score (nSPS) is 15.1. The Hall–Kier alpha value is -2.77. The summed E-state index contributed by atoms with van der Waals surface area (Å²) >= 11 is 0. The highest BCUT2D eigenvalue weighted by molar-refractivity contribution is 7.88. The van der Waals surface area contributed by atoms with E-state index >= 15 is 0 Å². The number of sulfonamides is 1. The first-order chi connectivity index (χ1) is 15.5. The fourth-order valence-electron chi connectivity index (χ4n) is 4.23. The summed E-state index contributed by atoms with van der Waals surface area (Å²) in [7, 11) is -3.35. The molecule has 3 aromatic rings. The molecule has 1 aromatic heterocycles. The Bertz CT molecular complexity index is 1140. The minimum atomic E-state index is -3.35. The van der Waals surface area contributed by atoms with E-state index in [-0.39, 0.29) is 5.75 Å². The van der Waals surface area contributed by atoms with E-state index in [9.17, 15) is 8.42 Å². The van der Waals surface area contributed by atoms with Crippen molar-refractivity contribution in [3.05, 3.63) is 88.9 Å². The van der Waals surface area contributed by atoms with Gasteiger partial charge in [-0.15, -0.1) is 0 Å². The lowest BCUT2D eigenvalue weighted by atomic mass is 10.0. The van der Waals surface area contributed by atoms with Crippen molar-refractivity contribution in [1.82, 2.24) is 14.3 Å². The summed E-state index contributed by atoms with van der Waals surface area (Å²) in [5.74, 6) is 1.74. The van der Waals surface area contributed by atoms with Gasteiger partial charge in [0.2, 0.25) is 10.0 Å². The highest BCUT2D eigenvalue weighted by Crippen LogP contribution is 2.26. The van der Waals surface area contributed by atoms with Gasteiger partial charge in [-0.1, -0.05) is 67.6 Å². The van der Waals surface area contributed by atoms with Crippen molar-refractivity contribution in [2.75, 3.05) is 31.1 Å². The molecular weight excluding hydrogens is 420 g/mol. The fraction of sp³-hybridized carbons (Fsp3) is 0.360. The summed E-state index contributed by atoms with van der Waals surface area (Å²) in [6.45, 7) is 6.21. The molecule has 168 valence electrons. The molecule has 0 bridgehead atoms. The lowest BCUT2D eigenvalue weighted by Gasteiger charge is -2.36. The quantitative estimate of drug-likeness (QED) is 0.550. The zero-order chi connectivity index (χ0) is 22.6. The first-order valence-electron chi connectivity index (χ1n) is 11.1. The van der Waals surface area contributed by atoms with Crippen LogP contribution >= 0.6 is 0 Å². The Labute approximate surface area is 191 Å². The van der Waals surface area contributed by atoms with Gasteiger partial charge in [0.1, 0.15) is 11.6 Å². The third-order valence-electron chi connectivity index (χ3n) is 5.86. The molecule has 0 aliphatic carbocycles. The van der Waals surface area contributed by atoms with Crippen molar-refractivity contribution in [2.24, 2.45) is 0 Å². The average molecular weight is 451 g/mol. The second-order valence-electron chi connectivity index (χ2n) is 8.16. The molecular formula is C25H30N4O2S. The van der Waals surface area contributed by atoms with E-state index in [4.69, 9.17) is 9.97 Å². The minimum Gasteiger partial charge on any atom is -0.354 e. The Balaban J connectivity index is 1.53. The fourth-order valence-corrected chi connectivity index (χ4v) is 5.74. The van der Waals surface area contributed by atoms with Crippen LogP contribution in [0.5, 0.6) is 0 Å². The van der Waals surface area contributed by atoms with Gasteiger partial charge in [0.25, 0.3) is 0 Å². The van der Waals surface area contributed by atoms with Gasteiger partial charge >= 0.3 is 0 Å². The van der Waals surface area contributed by atoms with Crippen LogP contribution in [0.25, 0.3) is 0 Å². The summed E-state index contributed by atoms with van der Waals surface area (Å²) in [4.78, 5) is 11.7. The van der Waals surface area contributed by atoms with Crippen molar-refractivity contribution >= 4 is 15.8 Å². The minimum absolute atomic E-state index is 0.0414. The highest BCUT2D eigenvalue weighted by atomic mass is 32.2. The van der Waals surface area contributed by atoms with Crippen molar-refractivity contribution in [3.8, 4) is 0 Å². The molecule has 1 aliphatic rings. The van der Waals surface area contributed by atoms with Crippen LogP contribution in [0.15, 0.2) is 60.7 Å². The molecule has 0 unspecified atom stereocenters. The molecule has 2 aromatic carbocycles. The molecule has 0 radical (unpaired) electrons. The maximum atomic E-state index is 12.9. The SMILES string of the molecule is CCc1nc(C)nc(N2CCN(S(=O)(=O)Cc3ccccc3)CC2)c1Cc1ccccc1.